The number of aryl methyl sites for hydroxylation is 1. The lowest BCUT2D eigenvalue weighted by molar-refractivity contribution is -0.335. The molecule has 8 heteroatoms. The van der Waals surface area contributed by atoms with Crippen molar-refractivity contribution in [3.63, 3.8) is 0 Å². The lowest BCUT2D eigenvalue weighted by Crippen LogP contribution is -2.59. The molecular weight excluding hydrogens is 741 g/mol. The molecule has 2 unspecified atom stereocenters. The zero-order chi connectivity index (χ0) is 41.0. The fourth-order valence-electron chi connectivity index (χ4n) is 7.37. The van der Waals surface area contributed by atoms with Crippen molar-refractivity contribution in [1.29, 1.82) is 0 Å². The third-order valence-electron chi connectivity index (χ3n) is 10.7. The van der Waals surface area contributed by atoms with Crippen LogP contribution in [0.1, 0.15) is 57.5 Å². The molecule has 8 nitrogen and oxygen atoms in total. The zero-order valence-electron chi connectivity index (χ0n) is 33.6. The number of ether oxygens (including phenoxy) is 6. The molecule has 0 saturated carbocycles. The Morgan fingerprint density at radius 2 is 1.20 bits per heavy atom. The van der Waals surface area contributed by atoms with Gasteiger partial charge in [0.2, 0.25) is 5.79 Å². The van der Waals surface area contributed by atoms with Gasteiger partial charge in [-0.25, -0.2) is 0 Å². The average molecular weight is 793 g/mol. The van der Waals surface area contributed by atoms with Crippen LogP contribution < -0.4 is 9.47 Å². The van der Waals surface area contributed by atoms with Gasteiger partial charge < -0.3 is 38.6 Å². The summed E-state index contributed by atoms with van der Waals surface area (Å²) in [4.78, 5) is 0. The maximum atomic E-state index is 13.5. The van der Waals surface area contributed by atoms with Crippen LogP contribution in [0.2, 0.25) is 0 Å². The van der Waals surface area contributed by atoms with Gasteiger partial charge in [-0.15, -0.1) is 0 Å². The highest BCUT2D eigenvalue weighted by Gasteiger charge is 2.55. The number of benzene rings is 6. The SMILES string of the molecule is C=C1[C@@H](COCc2ccccc2)OC(O)(c2cc(C(O)c3ccc(OC)cc3)c(CC)cc2OCc2ccccc2)[C@H](OCc2ccccc2)[C@H]1OCc1ccccc1. The second kappa shape index (κ2) is 19.9. The third kappa shape index (κ3) is 10.2. The molecule has 0 amide bonds. The van der Waals surface area contributed by atoms with Gasteiger partial charge in [0, 0.05) is 0 Å². The van der Waals surface area contributed by atoms with Crippen LogP contribution in [-0.4, -0.2) is 42.2 Å². The molecular formula is C51H52O8. The normalized spacial score (nSPS) is 19.6. The third-order valence-corrected chi connectivity index (χ3v) is 10.7. The molecule has 0 radical (unpaired) electrons. The van der Waals surface area contributed by atoms with Crippen LogP contribution in [0.3, 0.4) is 0 Å². The van der Waals surface area contributed by atoms with E-state index in [2.05, 4.69) is 6.58 Å². The van der Waals surface area contributed by atoms with Gasteiger partial charge in [0.15, 0.2) is 0 Å². The Morgan fingerprint density at radius 3 is 1.75 bits per heavy atom. The van der Waals surface area contributed by atoms with Crippen molar-refractivity contribution >= 4 is 0 Å². The maximum Gasteiger partial charge on any atom is 0.226 e. The molecule has 0 aliphatic carbocycles. The first-order chi connectivity index (χ1) is 28.9. The topological polar surface area (TPSA) is 95.8 Å². The summed E-state index contributed by atoms with van der Waals surface area (Å²) in [6.07, 6.45) is -3.33. The van der Waals surface area contributed by atoms with E-state index in [9.17, 15) is 10.2 Å². The molecule has 1 saturated heterocycles. The van der Waals surface area contributed by atoms with Gasteiger partial charge in [0.1, 0.15) is 42.5 Å². The highest BCUT2D eigenvalue weighted by Crippen LogP contribution is 2.47. The van der Waals surface area contributed by atoms with Crippen LogP contribution in [0.15, 0.2) is 170 Å². The quantitative estimate of drug-likeness (QED) is 0.0832. The predicted octanol–water partition coefficient (Wildman–Crippen LogP) is 9.41. The van der Waals surface area contributed by atoms with Crippen LogP contribution in [-0.2, 0) is 57.6 Å². The molecule has 0 spiro atoms. The summed E-state index contributed by atoms with van der Waals surface area (Å²) in [6, 6.07) is 50.3. The molecule has 59 heavy (non-hydrogen) atoms. The van der Waals surface area contributed by atoms with E-state index in [-0.39, 0.29) is 32.0 Å². The van der Waals surface area contributed by atoms with E-state index in [0.29, 0.717) is 41.2 Å². The average Bonchev–Trinajstić information content (AvgIpc) is 3.29. The Labute approximate surface area is 347 Å². The monoisotopic (exact) mass is 792 g/mol. The molecule has 7 rings (SSSR count). The lowest BCUT2D eigenvalue weighted by Gasteiger charge is -2.48. The first-order valence-electron chi connectivity index (χ1n) is 20.0. The number of hydrogen-bond acceptors (Lipinski definition) is 8. The van der Waals surface area contributed by atoms with E-state index >= 15 is 0 Å². The summed E-state index contributed by atoms with van der Waals surface area (Å²) in [5.74, 6) is -1.15. The van der Waals surface area contributed by atoms with Crippen molar-refractivity contribution in [3.05, 3.63) is 214 Å². The number of aliphatic hydroxyl groups is 2. The minimum Gasteiger partial charge on any atom is -0.497 e. The van der Waals surface area contributed by atoms with Crippen molar-refractivity contribution in [2.75, 3.05) is 13.7 Å². The highest BCUT2D eigenvalue weighted by molar-refractivity contribution is 5.50. The van der Waals surface area contributed by atoms with E-state index in [0.717, 1.165) is 27.8 Å². The van der Waals surface area contributed by atoms with Gasteiger partial charge in [0.05, 0.1) is 39.1 Å². The fraction of sp³-hybridized carbons (Fsp3) is 0.255. The van der Waals surface area contributed by atoms with Crippen LogP contribution in [0.5, 0.6) is 11.5 Å². The molecule has 1 heterocycles. The Balaban J connectivity index is 1.35. The van der Waals surface area contributed by atoms with Crippen molar-refractivity contribution in [3.8, 4) is 11.5 Å². The van der Waals surface area contributed by atoms with Gasteiger partial charge in [-0.3, -0.25) is 0 Å². The van der Waals surface area contributed by atoms with Crippen molar-refractivity contribution in [2.24, 2.45) is 0 Å². The first-order valence-corrected chi connectivity index (χ1v) is 20.0. The largest absolute Gasteiger partial charge is 0.497 e. The van der Waals surface area contributed by atoms with Crippen molar-refractivity contribution in [1.82, 2.24) is 0 Å². The number of hydrogen-bond donors (Lipinski definition) is 2. The molecule has 5 atom stereocenters. The fourth-order valence-corrected chi connectivity index (χ4v) is 7.37. The number of rotatable bonds is 18. The summed E-state index contributed by atoms with van der Waals surface area (Å²) in [5, 5.41) is 25.6. The molecule has 2 N–H and O–H groups in total. The standard InChI is InChI=1S/C51H52O8/c1-4-41-29-46(56-32-38-19-11-6-12-20-38)45(30-44(41)48(52)42-25-27-43(54-3)28-26-42)51(53)50(58-34-40-23-15-8-16-24-40)49(57-33-39-21-13-7-14-22-39)36(2)47(59-51)35-55-31-37-17-9-5-10-18-37/h5-30,47-50,52-53H,2,4,31-35H2,1,3H3/t47-,48?,49+,50-,51?/m1/s1. The van der Waals surface area contributed by atoms with Crippen LogP contribution in [0.4, 0.5) is 0 Å². The summed E-state index contributed by atoms with van der Waals surface area (Å²) in [7, 11) is 1.60. The van der Waals surface area contributed by atoms with E-state index < -0.39 is 30.2 Å². The maximum absolute atomic E-state index is 13.5. The van der Waals surface area contributed by atoms with E-state index in [4.69, 9.17) is 28.4 Å². The second-order valence-corrected chi connectivity index (χ2v) is 14.7. The van der Waals surface area contributed by atoms with Crippen molar-refractivity contribution in [2.45, 2.75) is 70.0 Å². The first kappa shape index (κ1) is 41.6. The van der Waals surface area contributed by atoms with Gasteiger partial charge >= 0.3 is 0 Å². The minimum atomic E-state index is -2.20. The summed E-state index contributed by atoms with van der Waals surface area (Å²) in [5.41, 5.74) is 6.69. The van der Waals surface area contributed by atoms with E-state index in [1.807, 2.05) is 159 Å². The van der Waals surface area contributed by atoms with Crippen molar-refractivity contribution < 1.29 is 38.6 Å². The Kier molecular flexibility index (Phi) is 14.0. The van der Waals surface area contributed by atoms with Crippen LogP contribution >= 0.6 is 0 Å². The van der Waals surface area contributed by atoms with Gasteiger partial charge in [0.25, 0.3) is 0 Å². The van der Waals surface area contributed by atoms with E-state index in [1.54, 1.807) is 13.2 Å². The molecule has 1 aliphatic rings. The molecule has 0 aromatic heterocycles. The van der Waals surface area contributed by atoms with E-state index in [1.165, 1.54) is 0 Å². The lowest BCUT2D eigenvalue weighted by atomic mass is 9.83. The molecule has 1 fully saturated rings. The zero-order valence-corrected chi connectivity index (χ0v) is 33.6. The van der Waals surface area contributed by atoms with Gasteiger partial charge in [-0.05, 0) is 75.2 Å². The smallest absolute Gasteiger partial charge is 0.226 e. The molecule has 1 aliphatic heterocycles. The summed E-state index contributed by atoms with van der Waals surface area (Å²) in [6.45, 7) is 7.49. The van der Waals surface area contributed by atoms with Crippen LogP contribution in [0.25, 0.3) is 0 Å². The molecule has 304 valence electrons. The number of methoxy groups -OCH3 is 1. The Bertz CT molecular complexity index is 2210. The molecule has 6 aromatic carbocycles. The Hall–Kier alpha value is -5.58. The number of aliphatic hydroxyl groups excluding tert-OH is 1. The predicted molar refractivity (Wildman–Crippen MR) is 228 cm³/mol. The van der Waals surface area contributed by atoms with Gasteiger partial charge in [-0.2, -0.15) is 0 Å². The summed E-state index contributed by atoms with van der Waals surface area (Å²) < 4.78 is 38.7. The Morgan fingerprint density at radius 1 is 0.678 bits per heavy atom. The highest BCUT2D eigenvalue weighted by atomic mass is 16.7. The van der Waals surface area contributed by atoms with Crippen LogP contribution in [0, 0.1) is 0 Å². The molecule has 0 bridgehead atoms. The van der Waals surface area contributed by atoms with Gasteiger partial charge in [-0.1, -0.05) is 147 Å². The second-order valence-electron chi connectivity index (χ2n) is 14.7. The minimum absolute atomic E-state index is 0.0707. The molecule has 6 aromatic rings. The summed E-state index contributed by atoms with van der Waals surface area (Å²) >= 11 is 0.